The van der Waals surface area contributed by atoms with E-state index >= 15 is 0 Å². The zero-order valence-electron chi connectivity index (χ0n) is 15.2. The van der Waals surface area contributed by atoms with E-state index in [1.165, 1.54) is 32.1 Å². The minimum atomic E-state index is -0.217. The number of hydrogen-bond acceptors (Lipinski definition) is 2. The molecule has 0 radical (unpaired) electrons. The maximum Gasteiger partial charge on any atom is 0.226 e. The van der Waals surface area contributed by atoms with Crippen LogP contribution in [0.15, 0.2) is 0 Å². The van der Waals surface area contributed by atoms with E-state index in [9.17, 15) is 9.59 Å². The summed E-state index contributed by atoms with van der Waals surface area (Å²) in [7, 11) is 0. The molecule has 0 aromatic heterocycles. The van der Waals surface area contributed by atoms with Gasteiger partial charge in [-0.05, 0) is 75.0 Å². The monoisotopic (exact) mass is 332 g/mol. The Morgan fingerprint density at radius 3 is 2.25 bits per heavy atom. The molecule has 0 saturated heterocycles. The Labute approximate surface area is 145 Å². The molecule has 134 valence electrons. The minimum Gasteiger partial charge on any atom is -0.355 e. The van der Waals surface area contributed by atoms with Crippen LogP contribution in [0.25, 0.3) is 0 Å². The topological polar surface area (TPSA) is 58.2 Å². The van der Waals surface area contributed by atoms with E-state index in [2.05, 4.69) is 17.6 Å². The molecule has 5 fully saturated rings. The fraction of sp³-hybridized carbons (Fsp3) is 0.900. The number of hydrogen-bond donors (Lipinski definition) is 2. The van der Waals surface area contributed by atoms with Gasteiger partial charge in [-0.2, -0.15) is 0 Å². The highest BCUT2D eigenvalue weighted by atomic mass is 16.2. The molecule has 24 heavy (non-hydrogen) atoms. The lowest BCUT2D eigenvalue weighted by Crippen LogP contribution is -2.66. The molecular formula is C20H32N2O2. The maximum atomic E-state index is 13.2. The van der Waals surface area contributed by atoms with Crippen molar-refractivity contribution in [3.05, 3.63) is 0 Å². The standard InChI is InChI=1S/C20H32N2O2/c1-3-18(5-4-6-18)13-21-17(24)19-8-15-7-16(9-19)11-20(10-15,12-19)22-14(2)23/h15-16H,3-13H2,1-2H3,(H,21,24)(H,22,23). The van der Waals surface area contributed by atoms with Gasteiger partial charge in [-0.3, -0.25) is 9.59 Å². The van der Waals surface area contributed by atoms with E-state index in [1.54, 1.807) is 6.92 Å². The van der Waals surface area contributed by atoms with Crippen LogP contribution in [-0.2, 0) is 9.59 Å². The van der Waals surface area contributed by atoms with Gasteiger partial charge in [0.05, 0.1) is 5.41 Å². The number of carbonyl (C=O) groups excluding carboxylic acids is 2. The fourth-order valence-corrected chi connectivity index (χ4v) is 6.84. The highest BCUT2D eigenvalue weighted by Crippen LogP contribution is 2.61. The molecule has 5 saturated carbocycles. The third kappa shape index (κ3) is 2.57. The first-order chi connectivity index (χ1) is 11.4. The highest BCUT2D eigenvalue weighted by molar-refractivity contribution is 5.84. The fourth-order valence-electron chi connectivity index (χ4n) is 6.84. The lowest BCUT2D eigenvalue weighted by molar-refractivity contribution is -0.153. The molecule has 2 atom stereocenters. The maximum absolute atomic E-state index is 13.2. The Balaban J connectivity index is 1.49. The average molecular weight is 332 g/mol. The van der Waals surface area contributed by atoms with E-state index < -0.39 is 0 Å². The number of rotatable bonds is 5. The third-order valence-electron chi connectivity index (χ3n) is 7.77. The summed E-state index contributed by atoms with van der Waals surface area (Å²) in [6, 6.07) is 0. The van der Waals surface area contributed by atoms with Crippen molar-refractivity contribution >= 4 is 11.8 Å². The van der Waals surface area contributed by atoms with Gasteiger partial charge in [0.15, 0.2) is 0 Å². The van der Waals surface area contributed by atoms with Gasteiger partial charge in [-0.1, -0.05) is 13.3 Å². The van der Waals surface area contributed by atoms with Crippen molar-refractivity contribution in [2.45, 2.75) is 83.6 Å². The molecule has 0 aromatic carbocycles. The predicted molar refractivity (Wildman–Crippen MR) is 93.2 cm³/mol. The highest BCUT2D eigenvalue weighted by Gasteiger charge is 2.61. The molecule has 0 aliphatic heterocycles. The molecule has 4 nitrogen and oxygen atoms in total. The van der Waals surface area contributed by atoms with Crippen LogP contribution in [0.3, 0.4) is 0 Å². The molecule has 0 aromatic rings. The quantitative estimate of drug-likeness (QED) is 0.812. The third-order valence-corrected chi connectivity index (χ3v) is 7.77. The molecule has 2 unspecified atom stereocenters. The molecule has 5 rings (SSSR count). The van der Waals surface area contributed by atoms with Crippen molar-refractivity contribution in [3.63, 3.8) is 0 Å². The van der Waals surface area contributed by atoms with Gasteiger partial charge in [0.25, 0.3) is 0 Å². The average Bonchev–Trinajstić information content (AvgIpc) is 2.43. The summed E-state index contributed by atoms with van der Waals surface area (Å²) in [6.45, 7) is 4.72. The first-order valence-electron chi connectivity index (χ1n) is 9.95. The Morgan fingerprint density at radius 2 is 1.75 bits per heavy atom. The number of amides is 2. The first kappa shape index (κ1) is 16.4. The normalized spacial score (nSPS) is 41.6. The molecule has 5 aliphatic carbocycles. The Hall–Kier alpha value is -1.06. The summed E-state index contributed by atoms with van der Waals surface area (Å²) in [5.41, 5.74) is 0.0463. The van der Waals surface area contributed by atoms with Gasteiger partial charge in [-0.15, -0.1) is 0 Å². The smallest absolute Gasteiger partial charge is 0.226 e. The van der Waals surface area contributed by atoms with Gasteiger partial charge in [0.1, 0.15) is 0 Å². The van der Waals surface area contributed by atoms with E-state index in [4.69, 9.17) is 0 Å². The van der Waals surface area contributed by atoms with Crippen molar-refractivity contribution in [1.82, 2.24) is 10.6 Å². The summed E-state index contributed by atoms with van der Waals surface area (Å²) in [5, 5.41) is 6.61. The van der Waals surface area contributed by atoms with Crippen LogP contribution in [0.2, 0.25) is 0 Å². The Bertz CT molecular complexity index is 532. The van der Waals surface area contributed by atoms with Crippen LogP contribution in [-0.4, -0.2) is 23.9 Å². The van der Waals surface area contributed by atoms with Crippen molar-refractivity contribution in [2.24, 2.45) is 22.7 Å². The van der Waals surface area contributed by atoms with Gasteiger partial charge in [-0.25, -0.2) is 0 Å². The molecule has 2 N–H and O–H groups in total. The van der Waals surface area contributed by atoms with E-state index in [0.717, 1.165) is 38.6 Å². The van der Waals surface area contributed by atoms with E-state index in [0.29, 0.717) is 17.3 Å². The summed E-state index contributed by atoms with van der Waals surface area (Å²) in [5.74, 6) is 1.58. The van der Waals surface area contributed by atoms with E-state index in [-0.39, 0.29) is 22.8 Å². The second-order valence-corrected chi connectivity index (χ2v) is 9.59. The first-order valence-corrected chi connectivity index (χ1v) is 9.95. The molecular weight excluding hydrogens is 300 g/mol. The van der Waals surface area contributed by atoms with Crippen LogP contribution in [0.5, 0.6) is 0 Å². The van der Waals surface area contributed by atoms with Crippen LogP contribution < -0.4 is 10.6 Å². The molecule has 0 spiro atoms. The van der Waals surface area contributed by atoms with Crippen molar-refractivity contribution < 1.29 is 9.59 Å². The molecule has 4 bridgehead atoms. The van der Waals surface area contributed by atoms with Gasteiger partial charge in [0.2, 0.25) is 11.8 Å². The van der Waals surface area contributed by atoms with Crippen molar-refractivity contribution in [1.29, 1.82) is 0 Å². The summed E-state index contributed by atoms with van der Waals surface area (Å²) < 4.78 is 0. The zero-order chi connectivity index (χ0) is 17.0. The van der Waals surface area contributed by atoms with Crippen molar-refractivity contribution in [2.75, 3.05) is 6.54 Å². The van der Waals surface area contributed by atoms with E-state index in [1.807, 2.05) is 0 Å². The van der Waals surface area contributed by atoms with Crippen LogP contribution in [0, 0.1) is 22.7 Å². The zero-order valence-corrected chi connectivity index (χ0v) is 15.2. The second kappa shape index (κ2) is 5.47. The van der Waals surface area contributed by atoms with Gasteiger partial charge < -0.3 is 10.6 Å². The minimum absolute atomic E-state index is 0.0620. The Morgan fingerprint density at radius 1 is 1.08 bits per heavy atom. The second-order valence-electron chi connectivity index (χ2n) is 9.59. The summed E-state index contributed by atoms with van der Waals surface area (Å²) in [6.07, 6.45) is 11.4. The molecule has 5 aliphatic rings. The van der Waals surface area contributed by atoms with Crippen LogP contribution in [0.4, 0.5) is 0 Å². The SMILES string of the molecule is CCC1(CNC(=O)C23CC4CC(CC(NC(C)=O)(C4)C2)C3)CCC1. The summed E-state index contributed by atoms with van der Waals surface area (Å²) >= 11 is 0. The van der Waals surface area contributed by atoms with Crippen LogP contribution in [0.1, 0.15) is 78.1 Å². The van der Waals surface area contributed by atoms with Gasteiger partial charge >= 0.3 is 0 Å². The number of nitrogens with one attached hydrogen (secondary N) is 2. The predicted octanol–water partition coefficient (Wildman–Crippen LogP) is 3.16. The molecule has 2 amide bonds. The lowest BCUT2D eigenvalue weighted by atomic mass is 9.46. The van der Waals surface area contributed by atoms with Crippen molar-refractivity contribution in [3.8, 4) is 0 Å². The van der Waals surface area contributed by atoms with Gasteiger partial charge in [0, 0.05) is 19.0 Å². The molecule has 4 heteroatoms. The lowest BCUT2D eigenvalue weighted by Gasteiger charge is -2.61. The largest absolute Gasteiger partial charge is 0.355 e. The molecule has 0 heterocycles. The number of carbonyl (C=O) groups is 2. The Kier molecular flexibility index (Phi) is 3.74. The summed E-state index contributed by atoms with van der Waals surface area (Å²) in [4.78, 5) is 24.9. The van der Waals surface area contributed by atoms with Crippen LogP contribution >= 0.6 is 0 Å².